The second kappa shape index (κ2) is 8.40. The number of imidazole rings is 1. The van der Waals surface area contributed by atoms with Gasteiger partial charge in [-0.15, -0.1) is 29.7 Å². The predicted molar refractivity (Wildman–Crippen MR) is 99.5 cm³/mol. The van der Waals surface area contributed by atoms with Crippen LogP contribution in [-0.4, -0.2) is 9.55 Å². The van der Waals surface area contributed by atoms with Crippen LogP contribution in [0.25, 0.3) is 32.6 Å². The molecule has 25 heavy (non-hydrogen) atoms. The molecule has 0 aliphatic carbocycles. The number of fused-ring (bicyclic) bond motifs is 6. The van der Waals surface area contributed by atoms with Crippen molar-refractivity contribution in [1.82, 2.24) is 9.55 Å². The summed E-state index contributed by atoms with van der Waals surface area (Å²) in [5.74, 6) is 0. The standard InChI is InChI=1S/C20H19N2.CH3.Ir.Y/c1-20(2,3)12-22-13-21-18-16-10-6-4-8-14(16)15-9-5-7-11-17(15)19(18)22;;;/h4-9,11,13H,12H2,1-3H3;1H3;;/q2*-1;;. The van der Waals surface area contributed by atoms with E-state index in [-0.39, 0.29) is 65.7 Å². The first kappa shape index (κ1) is 22.4. The molecule has 130 valence electrons. The fourth-order valence-electron chi connectivity index (χ4n) is 3.26. The van der Waals surface area contributed by atoms with Crippen LogP contribution in [0.4, 0.5) is 0 Å². The van der Waals surface area contributed by atoms with Gasteiger partial charge in [-0.05, 0) is 10.8 Å². The number of benzene rings is 3. The van der Waals surface area contributed by atoms with Gasteiger partial charge >= 0.3 is 0 Å². The molecule has 4 rings (SSSR count). The van der Waals surface area contributed by atoms with E-state index in [1.165, 1.54) is 21.7 Å². The third-order valence-electron chi connectivity index (χ3n) is 4.05. The van der Waals surface area contributed by atoms with Gasteiger partial charge in [-0.25, -0.2) is 0 Å². The molecular weight excluding hydrogens is 561 g/mol. The van der Waals surface area contributed by atoms with Gasteiger partial charge in [0.1, 0.15) is 0 Å². The van der Waals surface area contributed by atoms with Crippen LogP contribution in [0.2, 0.25) is 0 Å². The minimum Gasteiger partial charge on any atom is -0.358 e. The van der Waals surface area contributed by atoms with Gasteiger partial charge in [0.2, 0.25) is 0 Å². The fourth-order valence-corrected chi connectivity index (χ4v) is 3.26. The van der Waals surface area contributed by atoms with E-state index in [1.54, 1.807) is 0 Å². The molecular formula is C21H22IrN2Y-2. The maximum absolute atomic E-state index is 4.71. The van der Waals surface area contributed by atoms with Crippen molar-refractivity contribution in [1.29, 1.82) is 0 Å². The van der Waals surface area contributed by atoms with Crippen LogP contribution in [0, 0.1) is 18.9 Å². The monoisotopic (exact) mass is 584 g/mol. The molecule has 0 spiro atoms. The van der Waals surface area contributed by atoms with E-state index < -0.39 is 0 Å². The molecule has 0 aliphatic heterocycles. The fraction of sp³-hybridized carbons (Fsp3) is 0.238. The first-order chi connectivity index (χ1) is 10.5. The second-order valence-electron chi connectivity index (χ2n) is 7.13. The minimum atomic E-state index is 0. The van der Waals surface area contributed by atoms with Crippen molar-refractivity contribution in [3.8, 4) is 0 Å². The largest absolute Gasteiger partial charge is 0.358 e. The van der Waals surface area contributed by atoms with Crippen molar-refractivity contribution < 1.29 is 52.8 Å². The Hall–Kier alpha value is -0.597. The summed E-state index contributed by atoms with van der Waals surface area (Å²) in [6.45, 7) is 7.72. The molecule has 0 aliphatic rings. The zero-order chi connectivity index (χ0) is 15.3. The van der Waals surface area contributed by atoms with Gasteiger partial charge in [-0.3, -0.25) is 4.98 Å². The first-order valence-electron chi connectivity index (χ1n) is 7.70. The Morgan fingerprint density at radius 3 is 2.32 bits per heavy atom. The summed E-state index contributed by atoms with van der Waals surface area (Å²) >= 11 is 0. The van der Waals surface area contributed by atoms with Crippen molar-refractivity contribution in [3.05, 3.63) is 62.3 Å². The maximum Gasteiger partial charge on any atom is 0.0843 e. The van der Waals surface area contributed by atoms with Gasteiger partial charge in [-0.1, -0.05) is 55.8 Å². The van der Waals surface area contributed by atoms with Crippen LogP contribution in [0.1, 0.15) is 20.8 Å². The van der Waals surface area contributed by atoms with E-state index in [9.17, 15) is 0 Å². The van der Waals surface area contributed by atoms with Gasteiger partial charge < -0.3 is 12.0 Å². The molecule has 2 nitrogen and oxygen atoms in total. The Kier molecular flexibility index (Phi) is 7.54. The summed E-state index contributed by atoms with van der Waals surface area (Å²) in [6.07, 6.45) is 1.97. The summed E-state index contributed by atoms with van der Waals surface area (Å²) in [6, 6.07) is 18.2. The molecule has 0 saturated heterocycles. The Bertz CT molecular complexity index is 999. The van der Waals surface area contributed by atoms with E-state index in [4.69, 9.17) is 4.98 Å². The summed E-state index contributed by atoms with van der Waals surface area (Å²) < 4.78 is 2.29. The van der Waals surface area contributed by atoms with E-state index in [1.807, 2.05) is 18.5 Å². The summed E-state index contributed by atoms with van der Waals surface area (Å²) in [4.78, 5) is 4.71. The van der Waals surface area contributed by atoms with E-state index in [0.717, 1.165) is 17.4 Å². The third kappa shape index (κ3) is 4.06. The van der Waals surface area contributed by atoms with Crippen LogP contribution in [-0.2, 0) is 59.4 Å². The average Bonchev–Trinajstić information content (AvgIpc) is 2.90. The number of nitrogens with zero attached hydrogens (tertiary/aromatic N) is 2. The molecule has 0 amide bonds. The summed E-state index contributed by atoms with van der Waals surface area (Å²) in [5.41, 5.74) is 2.49. The van der Waals surface area contributed by atoms with Gasteiger partial charge in [0.15, 0.2) is 0 Å². The smallest absolute Gasteiger partial charge is 0.0843 e. The van der Waals surface area contributed by atoms with Gasteiger partial charge in [0.05, 0.1) is 6.33 Å². The molecule has 0 saturated carbocycles. The number of aromatic nitrogens is 2. The molecule has 0 bridgehead atoms. The SMILES string of the molecule is CC(C)(C)Cn1cnc2c3[c-]cccc3c3ccccc3c21.[CH3-].[Ir].[Y]. The molecule has 0 N–H and O–H groups in total. The van der Waals surface area contributed by atoms with Crippen molar-refractivity contribution in [2.45, 2.75) is 27.3 Å². The Morgan fingerprint density at radius 2 is 1.64 bits per heavy atom. The summed E-state index contributed by atoms with van der Waals surface area (Å²) in [5, 5.41) is 4.89. The van der Waals surface area contributed by atoms with Crippen LogP contribution >= 0.6 is 0 Å². The quantitative estimate of drug-likeness (QED) is 0.210. The molecule has 4 aromatic rings. The van der Waals surface area contributed by atoms with Gasteiger partial charge in [-0.2, -0.15) is 0 Å². The van der Waals surface area contributed by atoms with Crippen molar-refractivity contribution in [2.24, 2.45) is 5.41 Å². The number of rotatable bonds is 1. The molecule has 3 aromatic carbocycles. The zero-order valence-corrected chi connectivity index (χ0v) is 20.4. The molecule has 2 radical (unpaired) electrons. The Balaban J connectivity index is 0.00000104. The first-order valence-corrected chi connectivity index (χ1v) is 7.70. The van der Waals surface area contributed by atoms with E-state index >= 15 is 0 Å². The molecule has 1 aromatic heterocycles. The Labute approximate surface area is 188 Å². The maximum atomic E-state index is 4.71. The average molecular weight is 584 g/mol. The predicted octanol–water partition coefficient (Wildman–Crippen LogP) is 5.63. The third-order valence-corrected chi connectivity index (χ3v) is 4.05. The number of hydrogen-bond donors (Lipinski definition) is 0. The van der Waals surface area contributed by atoms with Crippen LogP contribution in [0.15, 0.2) is 48.8 Å². The molecule has 4 heteroatoms. The van der Waals surface area contributed by atoms with Gasteiger partial charge in [0.25, 0.3) is 0 Å². The van der Waals surface area contributed by atoms with Crippen LogP contribution < -0.4 is 0 Å². The van der Waals surface area contributed by atoms with Gasteiger partial charge in [0, 0.05) is 70.4 Å². The second-order valence-corrected chi connectivity index (χ2v) is 7.13. The van der Waals surface area contributed by atoms with Crippen molar-refractivity contribution in [3.63, 3.8) is 0 Å². The molecule has 0 fully saturated rings. The summed E-state index contributed by atoms with van der Waals surface area (Å²) in [7, 11) is 0. The van der Waals surface area contributed by atoms with Crippen molar-refractivity contribution in [2.75, 3.05) is 0 Å². The topological polar surface area (TPSA) is 17.8 Å². The van der Waals surface area contributed by atoms with Crippen LogP contribution in [0.5, 0.6) is 0 Å². The van der Waals surface area contributed by atoms with Crippen LogP contribution in [0.3, 0.4) is 0 Å². The Morgan fingerprint density at radius 1 is 1.00 bits per heavy atom. The van der Waals surface area contributed by atoms with Crippen molar-refractivity contribution >= 4 is 32.6 Å². The normalized spacial score (nSPS) is 11.0. The molecule has 0 atom stereocenters. The molecule has 0 unspecified atom stereocenters. The number of hydrogen-bond acceptors (Lipinski definition) is 1. The van der Waals surface area contributed by atoms with E-state index in [2.05, 4.69) is 61.7 Å². The minimum absolute atomic E-state index is 0. The zero-order valence-electron chi connectivity index (χ0n) is 15.1. The van der Waals surface area contributed by atoms with E-state index in [0.29, 0.717) is 0 Å². The molecule has 1 heterocycles.